The molecule has 0 aromatic heterocycles. The van der Waals surface area contributed by atoms with Gasteiger partial charge in [-0.1, -0.05) is 53.7 Å². The summed E-state index contributed by atoms with van der Waals surface area (Å²) in [4.78, 5) is 20.2. The number of hydrogen-bond donors (Lipinski definition) is 0. The summed E-state index contributed by atoms with van der Waals surface area (Å²) in [5.41, 5.74) is 2.65. The van der Waals surface area contributed by atoms with E-state index >= 15 is 0 Å². The summed E-state index contributed by atoms with van der Waals surface area (Å²) >= 11 is 0. The van der Waals surface area contributed by atoms with Gasteiger partial charge in [-0.3, -0.25) is 4.79 Å². The van der Waals surface area contributed by atoms with Crippen LogP contribution >= 0.6 is 0 Å². The number of nitrogens with zero attached hydrogens (tertiary/aromatic N) is 2. The Morgan fingerprint density at radius 1 is 0.967 bits per heavy atom. The Morgan fingerprint density at radius 3 is 2.43 bits per heavy atom. The van der Waals surface area contributed by atoms with Gasteiger partial charge in [0.2, 0.25) is 0 Å². The Hall–Kier alpha value is -3.54. The van der Waals surface area contributed by atoms with Crippen LogP contribution in [-0.2, 0) is 11.4 Å². The zero-order chi connectivity index (χ0) is 20.9. The number of oxime groups is 1. The summed E-state index contributed by atoms with van der Waals surface area (Å²) in [7, 11) is 0. The third-order valence-corrected chi connectivity index (χ3v) is 4.89. The average molecular weight is 406 g/mol. The Balaban J connectivity index is 1.52. The molecule has 1 unspecified atom stereocenters. The highest BCUT2D eigenvalue weighted by Gasteiger charge is 2.27. The van der Waals surface area contributed by atoms with Gasteiger partial charge in [-0.05, 0) is 41.5 Å². The standard InChI is InChI=1S/C24H20F2N2O2/c25-20-10-4-6-17(12-20)15-28(24(29)19-9-5-11-21(26)13-19)16-22-14-23(27-30-22)18-7-2-1-3-8-18/h1-13,22H,14-16H2. The van der Waals surface area contributed by atoms with E-state index in [1.54, 1.807) is 18.2 Å². The molecule has 0 saturated carbocycles. The van der Waals surface area contributed by atoms with Gasteiger partial charge in [0.25, 0.3) is 5.91 Å². The minimum Gasteiger partial charge on any atom is -0.390 e. The van der Waals surface area contributed by atoms with Crippen LogP contribution in [0.3, 0.4) is 0 Å². The lowest BCUT2D eigenvalue weighted by Gasteiger charge is -2.25. The fourth-order valence-electron chi connectivity index (χ4n) is 3.45. The van der Waals surface area contributed by atoms with E-state index in [4.69, 9.17) is 4.84 Å². The highest BCUT2D eigenvalue weighted by atomic mass is 19.1. The number of hydrogen-bond acceptors (Lipinski definition) is 3. The molecule has 0 N–H and O–H groups in total. The van der Waals surface area contributed by atoms with E-state index < -0.39 is 5.82 Å². The van der Waals surface area contributed by atoms with Crippen molar-refractivity contribution in [1.82, 2.24) is 4.90 Å². The Bertz CT molecular complexity index is 1070. The maximum Gasteiger partial charge on any atom is 0.254 e. The quantitative estimate of drug-likeness (QED) is 0.590. The fourth-order valence-corrected chi connectivity index (χ4v) is 3.45. The van der Waals surface area contributed by atoms with Gasteiger partial charge in [-0.2, -0.15) is 0 Å². The number of rotatable bonds is 6. The van der Waals surface area contributed by atoms with Gasteiger partial charge in [0.1, 0.15) is 11.6 Å². The van der Waals surface area contributed by atoms with Crippen molar-refractivity contribution in [2.24, 2.45) is 5.16 Å². The zero-order valence-corrected chi connectivity index (χ0v) is 16.2. The van der Waals surface area contributed by atoms with Gasteiger partial charge in [0.05, 0.1) is 12.3 Å². The van der Waals surface area contributed by atoms with Gasteiger partial charge in [-0.15, -0.1) is 0 Å². The first kappa shape index (κ1) is 19.8. The van der Waals surface area contributed by atoms with Crippen LogP contribution in [-0.4, -0.2) is 29.2 Å². The molecule has 3 aromatic carbocycles. The highest BCUT2D eigenvalue weighted by molar-refractivity contribution is 6.01. The first-order valence-corrected chi connectivity index (χ1v) is 9.66. The minimum atomic E-state index is -0.488. The molecule has 0 radical (unpaired) electrons. The largest absolute Gasteiger partial charge is 0.390 e. The monoisotopic (exact) mass is 406 g/mol. The molecule has 4 rings (SSSR count). The Labute approximate surface area is 173 Å². The zero-order valence-electron chi connectivity index (χ0n) is 16.2. The Kier molecular flexibility index (Phi) is 5.84. The van der Waals surface area contributed by atoms with Crippen LogP contribution in [0.1, 0.15) is 27.9 Å². The molecular formula is C24H20F2N2O2. The normalized spacial score (nSPS) is 15.4. The first-order valence-electron chi connectivity index (χ1n) is 9.66. The number of benzene rings is 3. The summed E-state index contributed by atoms with van der Waals surface area (Å²) in [6.45, 7) is 0.416. The molecule has 6 heteroatoms. The van der Waals surface area contributed by atoms with Gasteiger partial charge in [0, 0.05) is 18.5 Å². The van der Waals surface area contributed by atoms with Crippen molar-refractivity contribution in [2.75, 3.05) is 6.54 Å². The fraction of sp³-hybridized carbons (Fsp3) is 0.167. The second-order valence-corrected chi connectivity index (χ2v) is 7.16. The number of amides is 1. The van der Waals surface area contributed by atoms with Crippen LogP contribution in [0.4, 0.5) is 8.78 Å². The molecule has 0 fully saturated rings. The van der Waals surface area contributed by atoms with Crippen LogP contribution in [0, 0.1) is 11.6 Å². The molecule has 0 aliphatic carbocycles. The second-order valence-electron chi connectivity index (χ2n) is 7.16. The van der Waals surface area contributed by atoms with E-state index in [-0.39, 0.29) is 36.5 Å². The summed E-state index contributed by atoms with van der Waals surface area (Å²) < 4.78 is 27.3. The molecule has 3 aromatic rings. The SMILES string of the molecule is O=C(c1cccc(F)c1)N(Cc1cccc(F)c1)CC1CC(c2ccccc2)=NO1. The van der Waals surface area contributed by atoms with Crippen molar-refractivity contribution < 1.29 is 18.4 Å². The van der Waals surface area contributed by atoms with E-state index in [2.05, 4.69) is 5.16 Å². The van der Waals surface area contributed by atoms with Gasteiger partial charge < -0.3 is 9.74 Å². The summed E-state index contributed by atoms with van der Waals surface area (Å²) in [5.74, 6) is -1.22. The minimum absolute atomic E-state index is 0.174. The molecule has 1 heterocycles. The molecule has 1 aliphatic heterocycles. The third-order valence-electron chi connectivity index (χ3n) is 4.89. The molecule has 30 heavy (non-hydrogen) atoms. The molecule has 0 saturated heterocycles. The summed E-state index contributed by atoms with van der Waals surface area (Å²) in [5, 5.41) is 4.17. The summed E-state index contributed by atoms with van der Waals surface area (Å²) in [6, 6.07) is 21.3. The maximum absolute atomic E-state index is 13.7. The molecule has 0 spiro atoms. The van der Waals surface area contributed by atoms with Crippen molar-refractivity contribution in [3.8, 4) is 0 Å². The van der Waals surface area contributed by atoms with Crippen LogP contribution in [0.2, 0.25) is 0 Å². The summed E-state index contributed by atoms with van der Waals surface area (Å²) in [6.07, 6.45) is 0.200. The topological polar surface area (TPSA) is 41.9 Å². The van der Waals surface area contributed by atoms with Crippen molar-refractivity contribution >= 4 is 11.6 Å². The van der Waals surface area contributed by atoms with E-state index in [1.807, 2.05) is 30.3 Å². The van der Waals surface area contributed by atoms with Crippen molar-refractivity contribution in [1.29, 1.82) is 0 Å². The third kappa shape index (κ3) is 4.71. The number of carbonyl (C=O) groups is 1. The lowest BCUT2D eigenvalue weighted by Crippen LogP contribution is -2.37. The van der Waals surface area contributed by atoms with E-state index in [9.17, 15) is 13.6 Å². The second kappa shape index (κ2) is 8.86. The molecule has 1 aliphatic rings. The van der Waals surface area contributed by atoms with Crippen LogP contribution in [0.5, 0.6) is 0 Å². The maximum atomic E-state index is 13.7. The predicted molar refractivity (Wildman–Crippen MR) is 110 cm³/mol. The smallest absolute Gasteiger partial charge is 0.254 e. The first-order chi connectivity index (χ1) is 14.6. The molecule has 1 atom stereocenters. The Morgan fingerprint density at radius 2 is 1.70 bits per heavy atom. The van der Waals surface area contributed by atoms with Crippen LogP contribution < -0.4 is 0 Å². The van der Waals surface area contributed by atoms with Gasteiger partial charge >= 0.3 is 0 Å². The van der Waals surface area contributed by atoms with Crippen molar-refractivity contribution in [3.63, 3.8) is 0 Å². The molecule has 152 valence electrons. The number of carbonyl (C=O) groups excluding carboxylic acids is 1. The van der Waals surface area contributed by atoms with Crippen LogP contribution in [0.25, 0.3) is 0 Å². The average Bonchev–Trinajstić information content (AvgIpc) is 3.22. The highest BCUT2D eigenvalue weighted by Crippen LogP contribution is 2.20. The predicted octanol–water partition coefficient (Wildman–Crippen LogP) is 4.80. The molecule has 0 bridgehead atoms. The van der Waals surface area contributed by atoms with Crippen molar-refractivity contribution in [2.45, 2.75) is 19.1 Å². The van der Waals surface area contributed by atoms with E-state index in [0.717, 1.165) is 11.3 Å². The van der Waals surface area contributed by atoms with Crippen LogP contribution in [0.15, 0.2) is 84.0 Å². The lowest BCUT2D eigenvalue weighted by molar-refractivity contribution is 0.0404. The van der Waals surface area contributed by atoms with E-state index in [0.29, 0.717) is 12.0 Å². The molecule has 4 nitrogen and oxygen atoms in total. The van der Waals surface area contributed by atoms with Gasteiger partial charge in [-0.25, -0.2) is 8.78 Å². The lowest BCUT2D eigenvalue weighted by atomic mass is 10.0. The van der Waals surface area contributed by atoms with Crippen molar-refractivity contribution in [3.05, 3.63) is 107 Å². The molecule has 1 amide bonds. The van der Waals surface area contributed by atoms with E-state index in [1.165, 1.54) is 35.2 Å². The number of halogens is 2. The molecular weight excluding hydrogens is 386 g/mol. The van der Waals surface area contributed by atoms with Gasteiger partial charge in [0.15, 0.2) is 6.10 Å².